The molecule has 0 atom stereocenters. The summed E-state index contributed by atoms with van der Waals surface area (Å²) in [4.78, 5) is 4.63. The predicted octanol–water partition coefficient (Wildman–Crippen LogP) is 4.58. The summed E-state index contributed by atoms with van der Waals surface area (Å²) in [6, 6.07) is 17.6. The number of ether oxygens (including phenoxy) is 2. The maximum Gasteiger partial charge on any atom is 0.162 e. The van der Waals surface area contributed by atoms with Gasteiger partial charge in [0.25, 0.3) is 0 Å². The average Bonchev–Trinajstić information content (AvgIpc) is 3.09. The van der Waals surface area contributed by atoms with Gasteiger partial charge in [0.05, 0.1) is 28.9 Å². The van der Waals surface area contributed by atoms with Crippen molar-refractivity contribution < 1.29 is 9.47 Å². The molecule has 0 saturated carbocycles. The number of nitrogens with zero attached hydrogens (tertiary/aromatic N) is 2. The van der Waals surface area contributed by atoms with Gasteiger partial charge in [0, 0.05) is 17.9 Å². The molecule has 2 aromatic carbocycles. The lowest BCUT2D eigenvalue weighted by atomic mass is 10.2. The molecule has 3 aromatic rings. The molecule has 0 saturated heterocycles. The lowest BCUT2D eigenvalue weighted by molar-refractivity contribution is 0.267. The lowest BCUT2D eigenvalue weighted by Gasteiger charge is -2.11. The van der Waals surface area contributed by atoms with E-state index in [0.717, 1.165) is 17.1 Å². The van der Waals surface area contributed by atoms with Crippen LogP contribution < -0.4 is 9.47 Å². The van der Waals surface area contributed by atoms with Gasteiger partial charge in [-0.25, -0.2) is 4.98 Å². The Morgan fingerprint density at radius 1 is 1.08 bits per heavy atom. The number of hydrogen-bond donors (Lipinski definition) is 0. The van der Waals surface area contributed by atoms with E-state index >= 15 is 0 Å². The van der Waals surface area contributed by atoms with Crippen LogP contribution in [0.25, 0.3) is 0 Å². The van der Waals surface area contributed by atoms with E-state index in [-0.39, 0.29) is 0 Å². The Kier molecular flexibility index (Phi) is 5.65. The second-order valence-corrected chi connectivity index (χ2v) is 6.33. The van der Waals surface area contributed by atoms with E-state index in [1.165, 1.54) is 5.56 Å². The van der Waals surface area contributed by atoms with Gasteiger partial charge >= 0.3 is 0 Å². The predicted molar refractivity (Wildman–Crippen MR) is 98.0 cm³/mol. The Hall–Kier alpha value is -2.84. The van der Waals surface area contributed by atoms with E-state index in [9.17, 15) is 0 Å². The molecule has 1 heterocycles. The van der Waals surface area contributed by atoms with Crippen LogP contribution in [-0.4, -0.2) is 11.6 Å². The van der Waals surface area contributed by atoms with Gasteiger partial charge in [-0.05, 0) is 24.6 Å². The zero-order valence-corrected chi connectivity index (χ0v) is 14.8. The van der Waals surface area contributed by atoms with E-state index in [0.29, 0.717) is 30.3 Å². The van der Waals surface area contributed by atoms with Crippen LogP contribution >= 0.6 is 11.3 Å². The molecule has 0 spiro atoms. The van der Waals surface area contributed by atoms with Crippen molar-refractivity contribution in [1.29, 1.82) is 5.26 Å². The molecule has 0 aliphatic rings. The highest BCUT2D eigenvalue weighted by Crippen LogP contribution is 2.29. The maximum absolute atomic E-state index is 9.00. The quantitative estimate of drug-likeness (QED) is 0.626. The molecule has 3 rings (SSSR count). The minimum absolute atomic E-state index is 0.372. The van der Waals surface area contributed by atoms with Crippen LogP contribution in [0.15, 0.2) is 53.9 Å². The van der Waals surface area contributed by atoms with E-state index in [1.54, 1.807) is 29.5 Å². The topological polar surface area (TPSA) is 55.1 Å². The van der Waals surface area contributed by atoms with Gasteiger partial charge in [-0.1, -0.05) is 30.3 Å². The molecule has 0 aliphatic carbocycles. The zero-order chi connectivity index (χ0) is 17.5. The van der Waals surface area contributed by atoms with Gasteiger partial charge in [-0.3, -0.25) is 0 Å². The first-order valence-corrected chi connectivity index (χ1v) is 8.93. The summed E-state index contributed by atoms with van der Waals surface area (Å²) in [6.45, 7) is 2.79. The lowest BCUT2D eigenvalue weighted by Crippen LogP contribution is -2.00. The number of aromatic nitrogens is 1. The maximum atomic E-state index is 9.00. The molecule has 0 bridgehead atoms. The highest BCUT2D eigenvalue weighted by molar-refractivity contribution is 7.09. The number of rotatable bonds is 7. The summed E-state index contributed by atoms with van der Waals surface area (Å²) in [5.74, 6) is 1.21. The van der Waals surface area contributed by atoms with Crippen molar-refractivity contribution >= 4 is 11.3 Å². The van der Waals surface area contributed by atoms with Gasteiger partial charge in [0.2, 0.25) is 0 Å². The summed E-state index contributed by atoms with van der Waals surface area (Å²) in [6.07, 6.45) is 0.826. The van der Waals surface area contributed by atoms with Crippen molar-refractivity contribution in [2.45, 2.75) is 20.0 Å². The van der Waals surface area contributed by atoms with E-state index in [1.807, 2.05) is 30.5 Å². The SMILES string of the molecule is CCOc1cc(C#N)ccc1OCc1csc(Cc2ccccc2)n1. The van der Waals surface area contributed by atoms with Crippen LogP contribution in [0.1, 0.15) is 28.8 Å². The van der Waals surface area contributed by atoms with E-state index < -0.39 is 0 Å². The third kappa shape index (κ3) is 4.59. The van der Waals surface area contributed by atoms with Gasteiger partial charge < -0.3 is 9.47 Å². The fraction of sp³-hybridized carbons (Fsp3) is 0.200. The van der Waals surface area contributed by atoms with Crippen molar-refractivity contribution in [2.75, 3.05) is 6.61 Å². The monoisotopic (exact) mass is 350 g/mol. The van der Waals surface area contributed by atoms with E-state index in [4.69, 9.17) is 14.7 Å². The van der Waals surface area contributed by atoms with Crippen molar-refractivity contribution in [2.24, 2.45) is 0 Å². The zero-order valence-electron chi connectivity index (χ0n) is 13.9. The number of nitriles is 1. The summed E-state index contributed by atoms with van der Waals surface area (Å²) < 4.78 is 11.4. The summed E-state index contributed by atoms with van der Waals surface area (Å²) in [5, 5.41) is 12.1. The summed E-state index contributed by atoms with van der Waals surface area (Å²) in [7, 11) is 0. The van der Waals surface area contributed by atoms with Crippen LogP contribution in [0, 0.1) is 11.3 Å². The van der Waals surface area contributed by atoms with Crippen molar-refractivity contribution in [1.82, 2.24) is 4.98 Å². The molecule has 5 heteroatoms. The third-order valence-corrected chi connectivity index (χ3v) is 4.44. The molecule has 0 N–H and O–H groups in total. The minimum Gasteiger partial charge on any atom is -0.490 e. The van der Waals surface area contributed by atoms with Gasteiger partial charge in [-0.2, -0.15) is 5.26 Å². The first-order valence-electron chi connectivity index (χ1n) is 8.05. The fourth-order valence-electron chi connectivity index (χ4n) is 2.38. The second-order valence-electron chi connectivity index (χ2n) is 5.39. The highest BCUT2D eigenvalue weighted by atomic mass is 32.1. The smallest absolute Gasteiger partial charge is 0.162 e. The van der Waals surface area contributed by atoms with E-state index in [2.05, 4.69) is 23.2 Å². The molecule has 25 heavy (non-hydrogen) atoms. The molecule has 0 unspecified atom stereocenters. The number of hydrogen-bond acceptors (Lipinski definition) is 5. The third-order valence-electron chi connectivity index (χ3n) is 3.55. The number of thiazole rings is 1. The Bertz CT molecular complexity index is 869. The molecule has 4 nitrogen and oxygen atoms in total. The molecule has 0 fully saturated rings. The Balaban J connectivity index is 1.65. The minimum atomic E-state index is 0.372. The van der Waals surface area contributed by atoms with Crippen molar-refractivity contribution in [3.63, 3.8) is 0 Å². The van der Waals surface area contributed by atoms with Crippen LogP contribution in [0.2, 0.25) is 0 Å². The normalized spacial score (nSPS) is 10.2. The standard InChI is InChI=1S/C20H18N2O2S/c1-2-23-19-10-16(12-21)8-9-18(19)24-13-17-14-25-20(22-17)11-15-6-4-3-5-7-15/h3-10,14H,2,11,13H2,1H3. The second kappa shape index (κ2) is 8.32. The summed E-state index contributed by atoms with van der Waals surface area (Å²) >= 11 is 1.63. The van der Waals surface area contributed by atoms with Gasteiger partial charge in [0.1, 0.15) is 6.61 Å². The molecule has 0 amide bonds. The van der Waals surface area contributed by atoms with Crippen molar-refractivity contribution in [3.05, 3.63) is 75.7 Å². The first-order chi connectivity index (χ1) is 12.3. The molecule has 0 aliphatic heterocycles. The largest absolute Gasteiger partial charge is 0.490 e. The van der Waals surface area contributed by atoms with Gasteiger partial charge in [-0.15, -0.1) is 11.3 Å². The Morgan fingerprint density at radius 2 is 1.92 bits per heavy atom. The highest BCUT2D eigenvalue weighted by Gasteiger charge is 2.09. The van der Waals surface area contributed by atoms with Gasteiger partial charge in [0.15, 0.2) is 11.5 Å². The molecular weight excluding hydrogens is 332 g/mol. The van der Waals surface area contributed by atoms with Crippen LogP contribution in [-0.2, 0) is 13.0 Å². The molecular formula is C20H18N2O2S. The molecule has 0 radical (unpaired) electrons. The Morgan fingerprint density at radius 3 is 2.68 bits per heavy atom. The van der Waals surface area contributed by atoms with Crippen LogP contribution in [0.5, 0.6) is 11.5 Å². The fourth-order valence-corrected chi connectivity index (χ4v) is 3.20. The molecule has 1 aromatic heterocycles. The summed E-state index contributed by atoms with van der Waals surface area (Å²) in [5.41, 5.74) is 2.69. The molecule has 126 valence electrons. The average molecular weight is 350 g/mol. The van der Waals surface area contributed by atoms with Crippen LogP contribution in [0.4, 0.5) is 0 Å². The van der Waals surface area contributed by atoms with Crippen LogP contribution in [0.3, 0.4) is 0 Å². The van der Waals surface area contributed by atoms with Crippen molar-refractivity contribution in [3.8, 4) is 17.6 Å². The first kappa shape index (κ1) is 17.0. The Labute approximate surface area is 151 Å². The number of benzene rings is 2.